The second kappa shape index (κ2) is 9.67. The second-order valence-electron chi connectivity index (χ2n) is 6.27. The van der Waals surface area contributed by atoms with E-state index in [0.717, 1.165) is 62.8 Å². The van der Waals surface area contributed by atoms with E-state index in [0.29, 0.717) is 18.6 Å². The molecule has 0 unspecified atom stereocenters. The summed E-state index contributed by atoms with van der Waals surface area (Å²) in [5, 5.41) is 7.61. The molecule has 1 N–H and O–H groups in total. The lowest BCUT2D eigenvalue weighted by Crippen LogP contribution is -2.46. The van der Waals surface area contributed by atoms with Crippen LogP contribution >= 0.6 is 0 Å². The number of aromatic nitrogens is 1. The lowest BCUT2D eigenvalue weighted by Gasteiger charge is -2.33. The van der Waals surface area contributed by atoms with Crippen molar-refractivity contribution in [2.45, 2.75) is 65.0 Å². The third-order valence-corrected chi connectivity index (χ3v) is 4.76. The van der Waals surface area contributed by atoms with Gasteiger partial charge < -0.3 is 19.5 Å². The lowest BCUT2D eigenvalue weighted by molar-refractivity contribution is 0.0263. The summed E-state index contributed by atoms with van der Waals surface area (Å²) in [6.45, 7) is 9.79. The quantitative estimate of drug-likeness (QED) is 0.612. The normalized spacial score (nSPS) is 16.9. The molecule has 1 aliphatic rings. The number of nitrogens with zero attached hydrogens (tertiary/aromatic N) is 3. The fraction of sp³-hybridized carbons (Fsp3) is 0.778. The van der Waals surface area contributed by atoms with E-state index in [1.807, 2.05) is 7.05 Å². The molecule has 0 saturated carbocycles. The minimum absolute atomic E-state index is 0.390. The molecule has 0 aromatic carbocycles. The number of nitrogens with one attached hydrogen (secondary N) is 1. The van der Waals surface area contributed by atoms with Crippen molar-refractivity contribution in [3.8, 4) is 0 Å². The first-order chi connectivity index (χ1) is 11.7. The number of likely N-dealkylation sites (tertiary alicyclic amines) is 1. The smallest absolute Gasteiger partial charge is 0.194 e. The van der Waals surface area contributed by atoms with E-state index in [2.05, 4.69) is 47.2 Å². The highest BCUT2D eigenvalue weighted by Crippen LogP contribution is 2.22. The topological polar surface area (TPSA) is 62.9 Å². The Balaban J connectivity index is 1.84. The summed E-state index contributed by atoms with van der Waals surface area (Å²) in [7, 11) is 1.83. The Labute approximate surface area is 145 Å². The predicted molar refractivity (Wildman–Crippen MR) is 96.2 cm³/mol. The van der Waals surface area contributed by atoms with E-state index in [1.54, 1.807) is 0 Å². The molecule has 136 valence electrons. The Morgan fingerprint density at radius 1 is 1.38 bits per heavy atom. The SMILES string of the molecule is CCOC1CCN(C(=NC)NCc2cc(C(CC)CC)no2)CC1. The minimum atomic E-state index is 0.390. The van der Waals surface area contributed by atoms with Gasteiger partial charge in [0.05, 0.1) is 18.3 Å². The first-order valence-corrected chi connectivity index (χ1v) is 9.24. The summed E-state index contributed by atoms with van der Waals surface area (Å²) >= 11 is 0. The fourth-order valence-electron chi connectivity index (χ4n) is 3.28. The molecule has 1 aromatic heterocycles. The van der Waals surface area contributed by atoms with Gasteiger partial charge in [0.15, 0.2) is 11.7 Å². The summed E-state index contributed by atoms with van der Waals surface area (Å²) in [6.07, 6.45) is 4.67. The van der Waals surface area contributed by atoms with Crippen LogP contribution in [0.1, 0.15) is 63.8 Å². The van der Waals surface area contributed by atoms with Crippen LogP contribution in [-0.4, -0.2) is 48.9 Å². The molecular weight excluding hydrogens is 304 g/mol. The number of guanidine groups is 1. The number of hydrogen-bond donors (Lipinski definition) is 1. The van der Waals surface area contributed by atoms with Gasteiger partial charge in [-0.3, -0.25) is 4.99 Å². The van der Waals surface area contributed by atoms with Gasteiger partial charge in [0, 0.05) is 38.7 Å². The minimum Gasteiger partial charge on any atom is -0.378 e. The van der Waals surface area contributed by atoms with Crippen molar-refractivity contribution in [2.24, 2.45) is 4.99 Å². The molecule has 0 bridgehead atoms. The summed E-state index contributed by atoms with van der Waals surface area (Å²) in [6, 6.07) is 2.07. The zero-order valence-corrected chi connectivity index (χ0v) is 15.5. The van der Waals surface area contributed by atoms with Crippen LogP contribution in [0.2, 0.25) is 0 Å². The summed E-state index contributed by atoms with van der Waals surface area (Å²) in [4.78, 5) is 6.69. The standard InChI is InChI=1S/C18H32N4O2/c1-5-14(6-2)17-12-16(24-21-17)13-20-18(19-4)22-10-8-15(9-11-22)23-7-3/h12,14-15H,5-11,13H2,1-4H3,(H,19,20). The zero-order valence-electron chi connectivity index (χ0n) is 15.5. The molecule has 0 aliphatic carbocycles. The number of ether oxygens (including phenoxy) is 1. The Bertz CT molecular complexity index is 503. The van der Waals surface area contributed by atoms with Crippen LogP contribution in [0.15, 0.2) is 15.6 Å². The zero-order chi connectivity index (χ0) is 17.4. The summed E-state index contributed by atoms with van der Waals surface area (Å²) in [5.41, 5.74) is 1.06. The molecule has 0 spiro atoms. The van der Waals surface area contributed by atoms with Gasteiger partial charge in [-0.05, 0) is 32.6 Å². The molecule has 1 fully saturated rings. The Hall–Kier alpha value is -1.56. The Morgan fingerprint density at radius 2 is 2.08 bits per heavy atom. The van der Waals surface area contributed by atoms with Crippen LogP contribution in [0.25, 0.3) is 0 Å². The third kappa shape index (κ3) is 4.97. The summed E-state index contributed by atoms with van der Waals surface area (Å²) < 4.78 is 11.2. The molecule has 1 aromatic rings. The van der Waals surface area contributed by atoms with Gasteiger partial charge in [-0.1, -0.05) is 19.0 Å². The lowest BCUT2D eigenvalue weighted by atomic mass is 9.99. The molecule has 2 heterocycles. The van der Waals surface area contributed by atoms with Crippen molar-refractivity contribution in [1.29, 1.82) is 0 Å². The molecule has 24 heavy (non-hydrogen) atoms. The van der Waals surface area contributed by atoms with E-state index >= 15 is 0 Å². The number of rotatable bonds is 7. The van der Waals surface area contributed by atoms with Crippen LogP contribution < -0.4 is 5.32 Å². The van der Waals surface area contributed by atoms with E-state index in [1.165, 1.54) is 0 Å². The van der Waals surface area contributed by atoms with E-state index in [-0.39, 0.29) is 0 Å². The average Bonchev–Trinajstić information content (AvgIpc) is 3.07. The Morgan fingerprint density at radius 3 is 2.67 bits per heavy atom. The van der Waals surface area contributed by atoms with Crippen LogP contribution in [-0.2, 0) is 11.3 Å². The van der Waals surface area contributed by atoms with Gasteiger partial charge in [0.25, 0.3) is 0 Å². The molecule has 0 amide bonds. The van der Waals surface area contributed by atoms with Crippen molar-refractivity contribution in [2.75, 3.05) is 26.7 Å². The number of aliphatic imine (C=N–C) groups is 1. The monoisotopic (exact) mass is 336 g/mol. The van der Waals surface area contributed by atoms with Gasteiger partial charge in [-0.2, -0.15) is 0 Å². The Kier molecular flexibility index (Phi) is 7.56. The molecular formula is C18H32N4O2. The number of piperidine rings is 1. The molecule has 1 saturated heterocycles. The first kappa shape index (κ1) is 18.8. The van der Waals surface area contributed by atoms with Crippen LogP contribution in [0, 0.1) is 0 Å². The van der Waals surface area contributed by atoms with E-state index in [9.17, 15) is 0 Å². The van der Waals surface area contributed by atoms with Crippen LogP contribution in [0.5, 0.6) is 0 Å². The van der Waals surface area contributed by atoms with Crippen molar-refractivity contribution in [1.82, 2.24) is 15.4 Å². The fourth-order valence-corrected chi connectivity index (χ4v) is 3.28. The molecule has 0 radical (unpaired) electrons. The third-order valence-electron chi connectivity index (χ3n) is 4.76. The van der Waals surface area contributed by atoms with E-state index < -0.39 is 0 Å². The van der Waals surface area contributed by atoms with Gasteiger partial charge >= 0.3 is 0 Å². The summed E-state index contributed by atoms with van der Waals surface area (Å²) in [5.74, 6) is 2.27. The first-order valence-electron chi connectivity index (χ1n) is 9.24. The molecule has 6 nitrogen and oxygen atoms in total. The predicted octanol–water partition coefficient (Wildman–Crippen LogP) is 3.15. The van der Waals surface area contributed by atoms with Gasteiger partial charge in [-0.15, -0.1) is 0 Å². The molecule has 6 heteroatoms. The molecule has 1 aliphatic heterocycles. The van der Waals surface area contributed by atoms with Gasteiger partial charge in [-0.25, -0.2) is 0 Å². The highest BCUT2D eigenvalue weighted by Gasteiger charge is 2.22. The highest BCUT2D eigenvalue weighted by molar-refractivity contribution is 5.79. The maximum Gasteiger partial charge on any atom is 0.194 e. The van der Waals surface area contributed by atoms with E-state index in [4.69, 9.17) is 9.26 Å². The van der Waals surface area contributed by atoms with Crippen LogP contribution in [0.4, 0.5) is 0 Å². The molecule has 2 rings (SSSR count). The van der Waals surface area contributed by atoms with Crippen molar-refractivity contribution in [3.05, 3.63) is 17.5 Å². The van der Waals surface area contributed by atoms with Crippen molar-refractivity contribution < 1.29 is 9.26 Å². The maximum atomic E-state index is 5.71. The maximum absolute atomic E-state index is 5.71. The van der Waals surface area contributed by atoms with Crippen molar-refractivity contribution in [3.63, 3.8) is 0 Å². The van der Waals surface area contributed by atoms with Crippen molar-refractivity contribution >= 4 is 5.96 Å². The highest BCUT2D eigenvalue weighted by atomic mass is 16.5. The molecule has 0 atom stereocenters. The largest absolute Gasteiger partial charge is 0.378 e. The van der Waals surface area contributed by atoms with Crippen LogP contribution in [0.3, 0.4) is 0 Å². The number of hydrogen-bond acceptors (Lipinski definition) is 4. The van der Waals surface area contributed by atoms with Gasteiger partial charge in [0.1, 0.15) is 0 Å². The van der Waals surface area contributed by atoms with Gasteiger partial charge in [0.2, 0.25) is 0 Å². The average molecular weight is 336 g/mol. The second-order valence-corrected chi connectivity index (χ2v) is 6.27.